The standard InChI is InChI=1S/C16H24N2S/c1-12(2)16(15-9-6-10-19-15)18-14-8-5-3-4-7-13(14)11-17/h6,9-10,12-14,16,18H,3-5,7-8H2,1-2H3. The normalized spacial score (nSPS) is 25.8. The van der Waals surface area contributed by atoms with Gasteiger partial charge in [0.2, 0.25) is 0 Å². The maximum Gasteiger partial charge on any atom is 0.0672 e. The summed E-state index contributed by atoms with van der Waals surface area (Å²) in [5.41, 5.74) is 0. The summed E-state index contributed by atoms with van der Waals surface area (Å²) in [5.74, 6) is 0.741. The third kappa shape index (κ3) is 3.81. The average Bonchev–Trinajstić information content (AvgIpc) is 2.82. The van der Waals surface area contributed by atoms with Gasteiger partial charge in [0.15, 0.2) is 0 Å². The van der Waals surface area contributed by atoms with Crippen molar-refractivity contribution >= 4 is 11.3 Å². The maximum absolute atomic E-state index is 9.38. The van der Waals surface area contributed by atoms with Crippen LogP contribution in [-0.2, 0) is 0 Å². The van der Waals surface area contributed by atoms with Crippen LogP contribution < -0.4 is 5.32 Å². The summed E-state index contributed by atoms with van der Waals surface area (Å²) in [6.07, 6.45) is 5.95. The molecule has 0 aliphatic heterocycles. The van der Waals surface area contributed by atoms with Gasteiger partial charge in [0.1, 0.15) is 0 Å². The molecule has 3 heteroatoms. The second-order valence-electron chi connectivity index (χ2n) is 5.88. The van der Waals surface area contributed by atoms with E-state index in [2.05, 4.69) is 42.7 Å². The first-order valence-corrected chi connectivity index (χ1v) is 8.29. The highest BCUT2D eigenvalue weighted by atomic mass is 32.1. The molecule has 1 saturated carbocycles. The quantitative estimate of drug-likeness (QED) is 0.821. The predicted octanol–water partition coefficient (Wildman–Crippen LogP) is 4.51. The van der Waals surface area contributed by atoms with E-state index >= 15 is 0 Å². The molecular weight excluding hydrogens is 252 g/mol. The van der Waals surface area contributed by atoms with Crippen LogP contribution in [0.25, 0.3) is 0 Å². The SMILES string of the molecule is CC(C)C(NC1CCCCCC1C#N)c1cccs1. The minimum absolute atomic E-state index is 0.184. The van der Waals surface area contributed by atoms with Crippen molar-refractivity contribution in [3.05, 3.63) is 22.4 Å². The number of thiophene rings is 1. The van der Waals surface area contributed by atoms with Crippen molar-refractivity contribution in [2.24, 2.45) is 11.8 Å². The summed E-state index contributed by atoms with van der Waals surface area (Å²) in [4.78, 5) is 1.40. The fourth-order valence-corrected chi connectivity index (χ4v) is 3.92. The molecule has 0 aromatic carbocycles. The van der Waals surface area contributed by atoms with Gasteiger partial charge in [-0.1, -0.05) is 39.2 Å². The lowest BCUT2D eigenvalue weighted by Gasteiger charge is -2.29. The van der Waals surface area contributed by atoms with Gasteiger partial charge >= 0.3 is 0 Å². The highest BCUT2D eigenvalue weighted by Crippen LogP contribution is 2.30. The number of hydrogen-bond donors (Lipinski definition) is 1. The fraction of sp³-hybridized carbons (Fsp3) is 0.688. The molecule has 2 nitrogen and oxygen atoms in total. The van der Waals surface area contributed by atoms with Crippen molar-refractivity contribution in [3.63, 3.8) is 0 Å². The number of hydrogen-bond acceptors (Lipinski definition) is 3. The Morgan fingerprint density at radius 1 is 1.32 bits per heavy atom. The molecule has 104 valence electrons. The summed E-state index contributed by atoms with van der Waals surface area (Å²) in [5, 5.41) is 15.3. The van der Waals surface area contributed by atoms with E-state index < -0.39 is 0 Å². The molecule has 1 aromatic heterocycles. The maximum atomic E-state index is 9.38. The largest absolute Gasteiger partial charge is 0.305 e. The highest BCUT2D eigenvalue weighted by Gasteiger charge is 2.27. The molecule has 1 N–H and O–H groups in total. The molecule has 0 amide bonds. The predicted molar refractivity (Wildman–Crippen MR) is 81.0 cm³/mol. The second-order valence-corrected chi connectivity index (χ2v) is 6.86. The van der Waals surface area contributed by atoms with E-state index in [-0.39, 0.29) is 5.92 Å². The lowest BCUT2D eigenvalue weighted by molar-refractivity contribution is 0.309. The second kappa shape index (κ2) is 7.07. The zero-order valence-corrected chi connectivity index (χ0v) is 12.7. The number of rotatable bonds is 4. The van der Waals surface area contributed by atoms with E-state index in [9.17, 15) is 5.26 Å². The van der Waals surface area contributed by atoms with Crippen molar-refractivity contribution in [1.82, 2.24) is 5.32 Å². The molecule has 3 unspecified atom stereocenters. The summed E-state index contributed by atoms with van der Waals surface area (Å²) in [6.45, 7) is 4.52. The fourth-order valence-electron chi connectivity index (χ4n) is 2.96. The van der Waals surface area contributed by atoms with Crippen LogP contribution in [0.5, 0.6) is 0 Å². The van der Waals surface area contributed by atoms with Gasteiger partial charge in [-0.15, -0.1) is 11.3 Å². The molecule has 1 aliphatic rings. The Hall–Kier alpha value is -0.850. The molecule has 0 spiro atoms. The lowest BCUT2D eigenvalue weighted by atomic mass is 9.93. The first-order chi connectivity index (χ1) is 9.22. The van der Waals surface area contributed by atoms with E-state index in [1.807, 2.05) is 11.3 Å². The number of nitriles is 1. The molecule has 1 aliphatic carbocycles. The van der Waals surface area contributed by atoms with Gasteiger partial charge in [-0.2, -0.15) is 5.26 Å². The Morgan fingerprint density at radius 3 is 2.74 bits per heavy atom. The average molecular weight is 276 g/mol. The van der Waals surface area contributed by atoms with Gasteiger partial charge in [0.05, 0.1) is 12.0 Å². The Balaban J connectivity index is 2.09. The molecular formula is C16H24N2S. The third-order valence-electron chi connectivity index (χ3n) is 4.09. The third-order valence-corrected chi connectivity index (χ3v) is 5.05. The van der Waals surface area contributed by atoms with Crippen molar-refractivity contribution in [2.45, 2.75) is 58.0 Å². The van der Waals surface area contributed by atoms with Gasteiger partial charge in [-0.3, -0.25) is 0 Å². The van der Waals surface area contributed by atoms with Gasteiger partial charge in [0, 0.05) is 17.0 Å². The number of nitrogens with zero attached hydrogens (tertiary/aromatic N) is 1. The van der Waals surface area contributed by atoms with Crippen LogP contribution in [0.15, 0.2) is 17.5 Å². The molecule has 3 atom stereocenters. The van der Waals surface area contributed by atoms with Crippen LogP contribution >= 0.6 is 11.3 Å². The molecule has 2 rings (SSSR count). The van der Waals surface area contributed by atoms with Gasteiger partial charge in [-0.25, -0.2) is 0 Å². The Bertz CT molecular complexity index is 405. The number of nitrogens with one attached hydrogen (secondary N) is 1. The summed E-state index contributed by atoms with van der Waals surface area (Å²) in [7, 11) is 0. The molecule has 0 bridgehead atoms. The van der Waals surface area contributed by atoms with E-state index in [1.54, 1.807) is 0 Å². The van der Waals surface area contributed by atoms with E-state index in [1.165, 1.54) is 24.1 Å². The minimum atomic E-state index is 0.184. The Kier molecular flexibility index (Phi) is 5.42. The van der Waals surface area contributed by atoms with Crippen LogP contribution in [0, 0.1) is 23.2 Å². The minimum Gasteiger partial charge on any atom is -0.305 e. The van der Waals surface area contributed by atoms with Crippen LogP contribution in [0.4, 0.5) is 0 Å². The van der Waals surface area contributed by atoms with Crippen LogP contribution in [0.3, 0.4) is 0 Å². The van der Waals surface area contributed by atoms with Crippen LogP contribution in [0.1, 0.15) is 56.9 Å². The molecule has 1 heterocycles. The van der Waals surface area contributed by atoms with Crippen LogP contribution in [0.2, 0.25) is 0 Å². The molecule has 1 aromatic rings. The Labute approximate surface area is 120 Å². The lowest BCUT2D eigenvalue weighted by Crippen LogP contribution is -2.39. The summed E-state index contributed by atoms with van der Waals surface area (Å²) >= 11 is 1.82. The van der Waals surface area contributed by atoms with Crippen LogP contribution in [-0.4, -0.2) is 6.04 Å². The van der Waals surface area contributed by atoms with Crippen molar-refractivity contribution in [3.8, 4) is 6.07 Å². The van der Waals surface area contributed by atoms with Gasteiger partial charge in [-0.05, 0) is 30.2 Å². The molecule has 0 saturated heterocycles. The van der Waals surface area contributed by atoms with E-state index in [4.69, 9.17) is 0 Å². The van der Waals surface area contributed by atoms with Crippen molar-refractivity contribution in [1.29, 1.82) is 5.26 Å². The molecule has 19 heavy (non-hydrogen) atoms. The Morgan fingerprint density at radius 2 is 2.11 bits per heavy atom. The highest BCUT2D eigenvalue weighted by molar-refractivity contribution is 7.10. The van der Waals surface area contributed by atoms with Crippen molar-refractivity contribution < 1.29 is 0 Å². The van der Waals surface area contributed by atoms with E-state index in [0.717, 1.165) is 12.8 Å². The zero-order valence-electron chi connectivity index (χ0n) is 11.9. The van der Waals surface area contributed by atoms with Crippen molar-refractivity contribution in [2.75, 3.05) is 0 Å². The topological polar surface area (TPSA) is 35.8 Å². The monoisotopic (exact) mass is 276 g/mol. The first-order valence-electron chi connectivity index (χ1n) is 7.41. The smallest absolute Gasteiger partial charge is 0.0672 e. The zero-order chi connectivity index (χ0) is 13.7. The first kappa shape index (κ1) is 14.6. The van der Waals surface area contributed by atoms with E-state index in [0.29, 0.717) is 18.0 Å². The van der Waals surface area contributed by atoms with Gasteiger partial charge in [0.25, 0.3) is 0 Å². The summed E-state index contributed by atoms with van der Waals surface area (Å²) in [6, 6.07) is 7.60. The molecule has 1 fully saturated rings. The molecule has 0 radical (unpaired) electrons. The summed E-state index contributed by atoms with van der Waals surface area (Å²) < 4.78 is 0. The van der Waals surface area contributed by atoms with Gasteiger partial charge < -0.3 is 5.32 Å².